The van der Waals surface area contributed by atoms with Crippen molar-refractivity contribution in [1.29, 1.82) is 0 Å². The van der Waals surface area contributed by atoms with Gasteiger partial charge in [-0.25, -0.2) is 0 Å². The summed E-state index contributed by atoms with van der Waals surface area (Å²) >= 11 is 0. The lowest BCUT2D eigenvalue weighted by Crippen LogP contribution is -2.50. The first-order valence-corrected chi connectivity index (χ1v) is 8.56. The third kappa shape index (κ3) is 4.07. The van der Waals surface area contributed by atoms with E-state index in [-0.39, 0.29) is 12.5 Å². The minimum atomic E-state index is 0.0598. The Morgan fingerprint density at radius 3 is 2.46 bits per heavy atom. The number of carbonyl (C=O) groups excluding carboxylic acids is 1. The number of aryl methyl sites for hydroxylation is 1. The number of rotatable bonds is 5. The van der Waals surface area contributed by atoms with Gasteiger partial charge in [0.15, 0.2) is 6.61 Å². The molecule has 0 aliphatic carbocycles. The highest BCUT2D eigenvalue weighted by molar-refractivity contribution is 5.78. The highest BCUT2D eigenvalue weighted by Gasteiger charge is 2.21. The molecule has 1 fully saturated rings. The van der Waals surface area contributed by atoms with Crippen LogP contribution in [-0.4, -0.2) is 43.6 Å². The smallest absolute Gasteiger partial charge is 0.260 e. The lowest BCUT2D eigenvalue weighted by molar-refractivity contribution is -0.133. The molecule has 1 aliphatic heterocycles. The van der Waals surface area contributed by atoms with Gasteiger partial charge in [-0.3, -0.25) is 4.79 Å². The Labute approximate surface area is 143 Å². The summed E-state index contributed by atoms with van der Waals surface area (Å²) in [6, 6.07) is 18.3. The normalized spacial score (nSPS) is 14.5. The third-order valence-corrected chi connectivity index (χ3v) is 4.42. The van der Waals surface area contributed by atoms with Gasteiger partial charge in [0.25, 0.3) is 5.91 Å². The summed E-state index contributed by atoms with van der Waals surface area (Å²) in [6.07, 6.45) is 0.965. The highest BCUT2D eigenvalue weighted by Crippen LogP contribution is 2.16. The maximum atomic E-state index is 12.4. The molecule has 24 heavy (non-hydrogen) atoms. The largest absolute Gasteiger partial charge is 0.484 e. The van der Waals surface area contributed by atoms with Crippen LogP contribution in [0, 0.1) is 0 Å². The van der Waals surface area contributed by atoms with Gasteiger partial charge in [0.1, 0.15) is 5.75 Å². The minimum absolute atomic E-state index is 0.0598. The van der Waals surface area contributed by atoms with Crippen LogP contribution >= 0.6 is 0 Å². The van der Waals surface area contributed by atoms with Crippen molar-refractivity contribution in [3.63, 3.8) is 0 Å². The van der Waals surface area contributed by atoms with Crippen molar-refractivity contribution in [2.24, 2.45) is 0 Å². The van der Waals surface area contributed by atoms with Gasteiger partial charge in [-0.2, -0.15) is 0 Å². The third-order valence-electron chi connectivity index (χ3n) is 4.42. The fraction of sp³-hybridized carbons (Fsp3) is 0.350. The van der Waals surface area contributed by atoms with E-state index in [1.807, 2.05) is 41.3 Å². The number of nitrogens with zero attached hydrogens (tertiary/aromatic N) is 2. The molecule has 2 aromatic rings. The Morgan fingerprint density at radius 1 is 1.00 bits per heavy atom. The molecule has 0 spiro atoms. The van der Waals surface area contributed by atoms with Gasteiger partial charge in [0.2, 0.25) is 0 Å². The first-order valence-electron chi connectivity index (χ1n) is 8.56. The predicted molar refractivity (Wildman–Crippen MR) is 96.6 cm³/mol. The molecule has 0 unspecified atom stereocenters. The Kier molecular flexibility index (Phi) is 5.36. The van der Waals surface area contributed by atoms with Crippen LogP contribution in [0.3, 0.4) is 0 Å². The lowest BCUT2D eigenvalue weighted by Gasteiger charge is -2.36. The molecule has 0 N–H and O–H groups in total. The van der Waals surface area contributed by atoms with Gasteiger partial charge in [0.05, 0.1) is 0 Å². The summed E-state index contributed by atoms with van der Waals surface area (Å²) in [6.45, 7) is 5.43. The molecule has 0 radical (unpaired) electrons. The molecule has 1 saturated heterocycles. The number of benzene rings is 2. The highest BCUT2D eigenvalue weighted by atomic mass is 16.5. The van der Waals surface area contributed by atoms with E-state index in [2.05, 4.69) is 30.0 Å². The van der Waals surface area contributed by atoms with Crippen LogP contribution in [0.5, 0.6) is 5.75 Å². The maximum Gasteiger partial charge on any atom is 0.260 e. The summed E-state index contributed by atoms with van der Waals surface area (Å²) in [5.41, 5.74) is 2.44. The van der Waals surface area contributed by atoms with Crippen molar-refractivity contribution in [2.75, 3.05) is 37.7 Å². The molecule has 0 bridgehead atoms. The molecule has 0 saturated carbocycles. The zero-order valence-electron chi connectivity index (χ0n) is 14.1. The van der Waals surface area contributed by atoms with Crippen LogP contribution in [0.15, 0.2) is 54.6 Å². The molecule has 4 nitrogen and oxygen atoms in total. The lowest BCUT2D eigenvalue weighted by atomic mass is 10.2. The van der Waals surface area contributed by atoms with Gasteiger partial charge in [-0.15, -0.1) is 0 Å². The fourth-order valence-corrected chi connectivity index (χ4v) is 2.94. The number of piperazine rings is 1. The summed E-state index contributed by atoms with van der Waals surface area (Å²) in [5.74, 6) is 0.829. The Hall–Kier alpha value is -2.49. The van der Waals surface area contributed by atoms with E-state index in [1.165, 1.54) is 11.3 Å². The van der Waals surface area contributed by atoms with Crippen molar-refractivity contribution in [3.05, 3.63) is 60.2 Å². The number of ether oxygens (including phenoxy) is 1. The fourth-order valence-electron chi connectivity index (χ4n) is 2.94. The molecule has 1 amide bonds. The number of anilines is 1. The molecular formula is C20H24N2O2. The Morgan fingerprint density at radius 2 is 1.75 bits per heavy atom. The average Bonchev–Trinajstić information content (AvgIpc) is 2.67. The monoisotopic (exact) mass is 324 g/mol. The number of amides is 1. The summed E-state index contributed by atoms with van der Waals surface area (Å²) in [4.78, 5) is 16.6. The molecule has 1 heterocycles. The van der Waals surface area contributed by atoms with Crippen LogP contribution in [0.4, 0.5) is 5.69 Å². The van der Waals surface area contributed by atoms with Crippen molar-refractivity contribution < 1.29 is 9.53 Å². The number of carbonyl (C=O) groups is 1. The predicted octanol–water partition coefficient (Wildman–Crippen LogP) is 2.98. The number of hydrogen-bond donors (Lipinski definition) is 0. The van der Waals surface area contributed by atoms with Gasteiger partial charge in [0, 0.05) is 31.9 Å². The second-order valence-corrected chi connectivity index (χ2v) is 5.99. The molecule has 3 rings (SSSR count). The van der Waals surface area contributed by atoms with Crippen LogP contribution in [-0.2, 0) is 11.2 Å². The molecule has 126 valence electrons. The van der Waals surface area contributed by atoms with Crippen LogP contribution < -0.4 is 9.64 Å². The van der Waals surface area contributed by atoms with Crippen molar-refractivity contribution in [2.45, 2.75) is 13.3 Å². The van der Waals surface area contributed by atoms with E-state index in [4.69, 9.17) is 4.74 Å². The molecule has 0 aromatic heterocycles. The van der Waals surface area contributed by atoms with E-state index in [1.54, 1.807) is 0 Å². The Balaban J connectivity index is 1.48. The number of para-hydroxylation sites is 1. The zero-order chi connectivity index (χ0) is 16.8. The first-order chi connectivity index (χ1) is 11.8. The average molecular weight is 324 g/mol. The zero-order valence-corrected chi connectivity index (χ0v) is 14.1. The summed E-state index contributed by atoms with van der Waals surface area (Å²) in [5, 5.41) is 0. The van der Waals surface area contributed by atoms with E-state index in [0.717, 1.165) is 38.3 Å². The Bertz CT molecular complexity index is 664. The molecule has 2 aromatic carbocycles. The molecule has 0 atom stereocenters. The van der Waals surface area contributed by atoms with Gasteiger partial charge < -0.3 is 14.5 Å². The van der Waals surface area contributed by atoms with Gasteiger partial charge in [-0.05, 0) is 36.2 Å². The van der Waals surface area contributed by atoms with Crippen molar-refractivity contribution >= 4 is 11.6 Å². The second kappa shape index (κ2) is 7.86. The van der Waals surface area contributed by atoms with Crippen molar-refractivity contribution in [1.82, 2.24) is 4.90 Å². The topological polar surface area (TPSA) is 32.8 Å². The molecule has 4 heteroatoms. The summed E-state index contributed by atoms with van der Waals surface area (Å²) < 4.78 is 5.67. The number of hydrogen-bond acceptors (Lipinski definition) is 3. The van der Waals surface area contributed by atoms with Crippen LogP contribution in [0.2, 0.25) is 0 Å². The SMILES string of the molecule is CCc1cccc(OCC(=O)N2CCN(c3ccccc3)CC2)c1. The van der Waals surface area contributed by atoms with E-state index < -0.39 is 0 Å². The summed E-state index contributed by atoms with van der Waals surface area (Å²) in [7, 11) is 0. The quantitative estimate of drug-likeness (QED) is 0.848. The van der Waals surface area contributed by atoms with Crippen LogP contribution in [0.1, 0.15) is 12.5 Å². The molecular weight excluding hydrogens is 300 g/mol. The minimum Gasteiger partial charge on any atom is -0.484 e. The van der Waals surface area contributed by atoms with Gasteiger partial charge in [-0.1, -0.05) is 37.3 Å². The van der Waals surface area contributed by atoms with Crippen molar-refractivity contribution in [3.8, 4) is 5.75 Å². The van der Waals surface area contributed by atoms with Gasteiger partial charge >= 0.3 is 0 Å². The van der Waals surface area contributed by atoms with E-state index >= 15 is 0 Å². The van der Waals surface area contributed by atoms with Crippen LogP contribution in [0.25, 0.3) is 0 Å². The second-order valence-electron chi connectivity index (χ2n) is 5.99. The van der Waals surface area contributed by atoms with E-state index in [9.17, 15) is 4.79 Å². The standard InChI is InChI=1S/C20H24N2O2/c1-2-17-7-6-10-19(15-17)24-16-20(23)22-13-11-21(12-14-22)18-8-4-3-5-9-18/h3-10,15H,2,11-14,16H2,1H3. The first kappa shape index (κ1) is 16.4. The molecule has 1 aliphatic rings. The van der Waals surface area contributed by atoms with E-state index in [0.29, 0.717) is 0 Å². The maximum absolute atomic E-state index is 12.4.